The molecule has 20 heavy (non-hydrogen) atoms. The first-order valence-electron chi connectivity index (χ1n) is 6.96. The Kier molecular flexibility index (Phi) is 6.94. The molecule has 0 fully saturated rings. The summed E-state index contributed by atoms with van der Waals surface area (Å²) in [6, 6.07) is 6.65. The number of amides is 1. The quantitative estimate of drug-likeness (QED) is 0.683. The van der Waals surface area contributed by atoms with Gasteiger partial charge in [-0.3, -0.25) is 9.69 Å². The van der Waals surface area contributed by atoms with Crippen LogP contribution in [0.25, 0.3) is 0 Å². The number of rotatable bonds is 8. The third-order valence-electron chi connectivity index (χ3n) is 3.21. The van der Waals surface area contributed by atoms with Crippen molar-refractivity contribution in [3.05, 3.63) is 48.3 Å². The maximum absolute atomic E-state index is 13.7. The number of likely N-dealkylation sites (N-methyl/N-ethyl adjacent to an activating group) is 1. The van der Waals surface area contributed by atoms with Crippen LogP contribution in [0.5, 0.6) is 0 Å². The summed E-state index contributed by atoms with van der Waals surface area (Å²) in [4.78, 5) is 15.8. The van der Waals surface area contributed by atoms with E-state index in [0.29, 0.717) is 31.7 Å². The number of hydrogen-bond donors (Lipinski definition) is 0. The molecule has 0 unspecified atom stereocenters. The normalized spacial score (nSPS) is 10.6. The molecule has 110 valence electrons. The summed E-state index contributed by atoms with van der Waals surface area (Å²) >= 11 is 0. The minimum Gasteiger partial charge on any atom is -0.342 e. The second kappa shape index (κ2) is 8.48. The van der Waals surface area contributed by atoms with Crippen LogP contribution in [-0.2, 0) is 11.3 Å². The average Bonchev–Trinajstić information content (AvgIpc) is 2.43. The van der Waals surface area contributed by atoms with E-state index in [1.54, 1.807) is 29.2 Å². The van der Waals surface area contributed by atoms with Crippen molar-refractivity contribution in [1.29, 1.82) is 0 Å². The molecule has 0 aliphatic rings. The lowest BCUT2D eigenvalue weighted by molar-refractivity contribution is -0.132. The van der Waals surface area contributed by atoms with Crippen LogP contribution in [0.2, 0.25) is 0 Å². The summed E-state index contributed by atoms with van der Waals surface area (Å²) in [6.07, 6.45) is 1.73. The Hall–Kier alpha value is -1.68. The Morgan fingerprint density at radius 3 is 2.50 bits per heavy atom. The highest BCUT2D eigenvalue weighted by atomic mass is 19.1. The summed E-state index contributed by atoms with van der Waals surface area (Å²) in [7, 11) is 0. The van der Waals surface area contributed by atoms with Gasteiger partial charge in [-0.25, -0.2) is 4.39 Å². The number of hydrogen-bond acceptors (Lipinski definition) is 2. The van der Waals surface area contributed by atoms with E-state index in [4.69, 9.17) is 0 Å². The van der Waals surface area contributed by atoms with E-state index in [0.717, 1.165) is 0 Å². The molecule has 0 radical (unpaired) electrons. The van der Waals surface area contributed by atoms with Gasteiger partial charge in [0.1, 0.15) is 5.82 Å². The van der Waals surface area contributed by atoms with Crippen LogP contribution in [-0.4, -0.2) is 41.9 Å². The van der Waals surface area contributed by atoms with E-state index in [1.165, 1.54) is 6.07 Å². The fourth-order valence-electron chi connectivity index (χ4n) is 2.10. The zero-order valence-corrected chi connectivity index (χ0v) is 12.3. The van der Waals surface area contributed by atoms with Gasteiger partial charge in [0.15, 0.2) is 0 Å². The summed E-state index contributed by atoms with van der Waals surface area (Å²) in [5, 5.41) is 0. The molecule has 0 N–H and O–H groups in total. The van der Waals surface area contributed by atoms with Crippen LogP contribution < -0.4 is 0 Å². The molecule has 1 rings (SSSR count). The van der Waals surface area contributed by atoms with Gasteiger partial charge in [-0.1, -0.05) is 24.3 Å². The van der Waals surface area contributed by atoms with Gasteiger partial charge in [-0.15, -0.1) is 6.58 Å². The Bertz CT molecular complexity index is 444. The zero-order chi connectivity index (χ0) is 15.0. The molecule has 1 aromatic rings. The summed E-state index contributed by atoms with van der Waals surface area (Å²) in [6.45, 7) is 10.2. The van der Waals surface area contributed by atoms with Crippen molar-refractivity contribution >= 4 is 5.91 Å². The van der Waals surface area contributed by atoms with Crippen molar-refractivity contribution in [3.8, 4) is 0 Å². The Morgan fingerprint density at radius 2 is 1.95 bits per heavy atom. The fraction of sp³-hybridized carbons (Fsp3) is 0.438. The van der Waals surface area contributed by atoms with Crippen LogP contribution in [0.3, 0.4) is 0 Å². The minimum absolute atomic E-state index is 0.0631. The average molecular weight is 278 g/mol. The predicted molar refractivity (Wildman–Crippen MR) is 79.8 cm³/mol. The number of nitrogens with zero attached hydrogens (tertiary/aromatic N) is 2. The van der Waals surface area contributed by atoms with E-state index in [1.807, 2.05) is 18.7 Å². The van der Waals surface area contributed by atoms with E-state index in [-0.39, 0.29) is 18.3 Å². The van der Waals surface area contributed by atoms with Gasteiger partial charge >= 0.3 is 0 Å². The first-order chi connectivity index (χ1) is 9.62. The van der Waals surface area contributed by atoms with Gasteiger partial charge in [0, 0.05) is 31.7 Å². The van der Waals surface area contributed by atoms with Gasteiger partial charge in [0.05, 0.1) is 6.54 Å². The second-order valence-corrected chi connectivity index (χ2v) is 4.62. The first-order valence-corrected chi connectivity index (χ1v) is 6.96. The smallest absolute Gasteiger partial charge is 0.236 e. The second-order valence-electron chi connectivity index (χ2n) is 4.62. The SMILES string of the molecule is C=CCN(CC(=O)N(CC)CC)Cc1ccccc1F. The van der Waals surface area contributed by atoms with Crippen molar-refractivity contribution in [2.75, 3.05) is 26.2 Å². The van der Waals surface area contributed by atoms with Gasteiger partial charge < -0.3 is 4.90 Å². The third kappa shape index (κ3) is 4.78. The Balaban J connectivity index is 2.72. The number of carbonyl (C=O) groups is 1. The molecule has 3 nitrogen and oxygen atoms in total. The molecule has 0 aliphatic heterocycles. The topological polar surface area (TPSA) is 23.6 Å². The highest BCUT2D eigenvalue weighted by molar-refractivity contribution is 5.78. The highest BCUT2D eigenvalue weighted by Gasteiger charge is 2.15. The van der Waals surface area contributed by atoms with Crippen LogP contribution in [0.15, 0.2) is 36.9 Å². The first kappa shape index (κ1) is 16.4. The number of carbonyl (C=O) groups excluding carboxylic acids is 1. The fourth-order valence-corrected chi connectivity index (χ4v) is 2.10. The lowest BCUT2D eigenvalue weighted by atomic mass is 10.2. The molecule has 0 aromatic heterocycles. The maximum atomic E-state index is 13.7. The molecule has 0 saturated carbocycles. The van der Waals surface area contributed by atoms with E-state index in [2.05, 4.69) is 6.58 Å². The van der Waals surface area contributed by atoms with Crippen LogP contribution >= 0.6 is 0 Å². The molecule has 0 heterocycles. The number of halogens is 1. The lowest BCUT2D eigenvalue weighted by Crippen LogP contribution is -2.40. The van der Waals surface area contributed by atoms with E-state index >= 15 is 0 Å². The molecule has 0 aliphatic carbocycles. The lowest BCUT2D eigenvalue weighted by Gasteiger charge is -2.25. The molecule has 0 spiro atoms. The van der Waals surface area contributed by atoms with E-state index in [9.17, 15) is 9.18 Å². The van der Waals surface area contributed by atoms with Crippen molar-refractivity contribution < 1.29 is 9.18 Å². The summed E-state index contributed by atoms with van der Waals surface area (Å²) < 4.78 is 13.7. The highest BCUT2D eigenvalue weighted by Crippen LogP contribution is 2.10. The van der Waals surface area contributed by atoms with Crippen molar-refractivity contribution in [2.24, 2.45) is 0 Å². The summed E-state index contributed by atoms with van der Waals surface area (Å²) in [5.74, 6) is -0.176. The van der Waals surface area contributed by atoms with Crippen molar-refractivity contribution in [2.45, 2.75) is 20.4 Å². The Labute approximate surface area is 120 Å². The van der Waals surface area contributed by atoms with Gasteiger partial charge in [0.2, 0.25) is 5.91 Å². The molecule has 0 atom stereocenters. The number of benzene rings is 1. The Morgan fingerprint density at radius 1 is 1.30 bits per heavy atom. The van der Waals surface area contributed by atoms with Crippen molar-refractivity contribution in [3.63, 3.8) is 0 Å². The zero-order valence-electron chi connectivity index (χ0n) is 12.3. The van der Waals surface area contributed by atoms with Gasteiger partial charge in [-0.05, 0) is 19.9 Å². The maximum Gasteiger partial charge on any atom is 0.236 e. The van der Waals surface area contributed by atoms with Crippen LogP contribution in [0, 0.1) is 5.82 Å². The molecule has 4 heteroatoms. The predicted octanol–water partition coefficient (Wildman–Crippen LogP) is 2.68. The van der Waals surface area contributed by atoms with Gasteiger partial charge in [0.25, 0.3) is 0 Å². The molecule has 1 aromatic carbocycles. The van der Waals surface area contributed by atoms with E-state index < -0.39 is 0 Å². The van der Waals surface area contributed by atoms with Gasteiger partial charge in [-0.2, -0.15) is 0 Å². The summed E-state index contributed by atoms with van der Waals surface area (Å²) in [5.41, 5.74) is 0.599. The molecule has 1 amide bonds. The largest absolute Gasteiger partial charge is 0.342 e. The van der Waals surface area contributed by atoms with Crippen LogP contribution in [0.4, 0.5) is 4.39 Å². The third-order valence-corrected chi connectivity index (χ3v) is 3.21. The molecular formula is C16H23FN2O. The molecule has 0 saturated heterocycles. The molecule has 0 bridgehead atoms. The molecular weight excluding hydrogens is 255 g/mol. The monoisotopic (exact) mass is 278 g/mol. The minimum atomic E-state index is -0.239. The van der Waals surface area contributed by atoms with Crippen molar-refractivity contribution in [1.82, 2.24) is 9.80 Å². The van der Waals surface area contributed by atoms with Crippen LogP contribution in [0.1, 0.15) is 19.4 Å². The standard InChI is InChI=1S/C16H23FN2O/c1-4-11-18(13-16(20)19(5-2)6-3)12-14-9-7-8-10-15(14)17/h4,7-10H,1,5-6,11-13H2,2-3H3.